The fourth-order valence-corrected chi connectivity index (χ4v) is 1.54. The van der Waals surface area contributed by atoms with Crippen LogP contribution < -0.4 is 15.2 Å². The lowest BCUT2D eigenvalue weighted by atomic mass is 10.1. The lowest BCUT2D eigenvalue weighted by Crippen LogP contribution is -2.01. The molecule has 1 aromatic rings. The van der Waals surface area contributed by atoms with Crippen LogP contribution in [0.4, 0.5) is 0 Å². The van der Waals surface area contributed by atoms with Gasteiger partial charge in [0, 0.05) is 5.56 Å². The zero-order valence-electron chi connectivity index (χ0n) is 7.82. The monoisotopic (exact) mass is 195 g/mol. The predicted molar refractivity (Wildman–Crippen MR) is 51.6 cm³/mol. The minimum absolute atomic E-state index is 0.231. The molecule has 0 atom stereocenters. The fourth-order valence-electron chi connectivity index (χ4n) is 1.54. The summed E-state index contributed by atoms with van der Waals surface area (Å²) in [4.78, 5) is 0. The van der Waals surface area contributed by atoms with Crippen molar-refractivity contribution in [3.05, 3.63) is 17.7 Å². The van der Waals surface area contributed by atoms with Gasteiger partial charge in [-0.1, -0.05) is 0 Å². The summed E-state index contributed by atoms with van der Waals surface area (Å²) in [5, 5.41) is 9.62. The first-order chi connectivity index (χ1) is 6.83. The SMILES string of the molecule is NCCCc1c(O)ccc2c1OCO2. The molecule has 0 aromatic heterocycles. The number of ether oxygens (including phenoxy) is 2. The van der Waals surface area contributed by atoms with Gasteiger partial charge in [0.25, 0.3) is 0 Å². The van der Waals surface area contributed by atoms with Gasteiger partial charge >= 0.3 is 0 Å². The van der Waals surface area contributed by atoms with E-state index in [1.807, 2.05) is 0 Å². The van der Waals surface area contributed by atoms with Crippen LogP contribution in [-0.2, 0) is 6.42 Å². The predicted octanol–water partition coefficient (Wildman–Crippen LogP) is 1.01. The van der Waals surface area contributed by atoms with E-state index in [9.17, 15) is 5.11 Å². The van der Waals surface area contributed by atoms with Gasteiger partial charge in [-0.15, -0.1) is 0 Å². The average Bonchev–Trinajstić information content (AvgIpc) is 2.64. The van der Waals surface area contributed by atoms with E-state index in [1.165, 1.54) is 0 Å². The van der Waals surface area contributed by atoms with Gasteiger partial charge in [0.2, 0.25) is 6.79 Å². The Bertz CT molecular complexity index is 338. The summed E-state index contributed by atoms with van der Waals surface area (Å²) in [7, 11) is 0. The molecule has 0 saturated heterocycles. The first kappa shape index (κ1) is 9.15. The Hall–Kier alpha value is -1.42. The second kappa shape index (κ2) is 3.75. The molecule has 0 radical (unpaired) electrons. The fraction of sp³-hybridized carbons (Fsp3) is 0.400. The van der Waals surface area contributed by atoms with E-state index in [4.69, 9.17) is 15.2 Å². The highest BCUT2D eigenvalue weighted by Crippen LogP contribution is 2.40. The molecule has 1 aliphatic heterocycles. The van der Waals surface area contributed by atoms with Gasteiger partial charge in [-0.05, 0) is 31.5 Å². The molecule has 76 valence electrons. The molecule has 2 rings (SSSR count). The highest BCUT2D eigenvalue weighted by atomic mass is 16.7. The molecule has 0 amide bonds. The summed E-state index contributed by atoms with van der Waals surface area (Å²) < 4.78 is 10.5. The van der Waals surface area contributed by atoms with Gasteiger partial charge in [0.15, 0.2) is 11.5 Å². The highest BCUT2D eigenvalue weighted by molar-refractivity contribution is 5.54. The highest BCUT2D eigenvalue weighted by Gasteiger charge is 2.19. The number of hydrogen-bond acceptors (Lipinski definition) is 4. The Labute approximate surface area is 82.2 Å². The standard InChI is InChI=1S/C10H13NO3/c11-5-1-2-7-8(12)3-4-9-10(7)14-6-13-9/h3-4,12H,1-2,5-6,11H2. The molecule has 0 spiro atoms. The van der Waals surface area contributed by atoms with E-state index < -0.39 is 0 Å². The van der Waals surface area contributed by atoms with E-state index in [1.54, 1.807) is 12.1 Å². The quantitative estimate of drug-likeness (QED) is 0.755. The van der Waals surface area contributed by atoms with Crippen molar-refractivity contribution in [1.82, 2.24) is 0 Å². The number of benzene rings is 1. The molecule has 1 heterocycles. The average molecular weight is 195 g/mol. The summed E-state index contributed by atoms with van der Waals surface area (Å²) in [6.07, 6.45) is 1.54. The van der Waals surface area contributed by atoms with Crippen molar-refractivity contribution in [3.8, 4) is 17.2 Å². The molecule has 4 heteroatoms. The molecule has 3 N–H and O–H groups in total. The largest absolute Gasteiger partial charge is 0.508 e. The molecule has 14 heavy (non-hydrogen) atoms. The van der Waals surface area contributed by atoms with Crippen LogP contribution in [0.25, 0.3) is 0 Å². The molecular weight excluding hydrogens is 182 g/mol. The van der Waals surface area contributed by atoms with Crippen molar-refractivity contribution in [3.63, 3.8) is 0 Å². The number of fused-ring (bicyclic) bond motifs is 1. The smallest absolute Gasteiger partial charge is 0.231 e. The molecule has 0 fully saturated rings. The van der Waals surface area contributed by atoms with Crippen molar-refractivity contribution in [2.45, 2.75) is 12.8 Å². The third-order valence-electron chi connectivity index (χ3n) is 2.25. The van der Waals surface area contributed by atoms with Crippen molar-refractivity contribution >= 4 is 0 Å². The van der Waals surface area contributed by atoms with Gasteiger partial charge in [0.1, 0.15) is 5.75 Å². The number of nitrogens with two attached hydrogens (primary N) is 1. The second-order valence-electron chi connectivity index (χ2n) is 3.19. The lowest BCUT2D eigenvalue weighted by Gasteiger charge is -2.07. The number of phenolic OH excluding ortho intramolecular Hbond substituents is 1. The molecule has 0 saturated carbocycles. The Kier molecular flexibility index (Phi) is 2.45. The summed E-state index contributed by atoms with van der Waals surface area (Å²) >= 11 is 0. The maximum atomic E-state index is 9.62. The molecule has 4 nitrogen and oxygen atoms in total. The van der Waals surface area contributed by atoms with Crippen LogP contribution >= 0.6 is 0 Å². The third-order valence-corrected chi connectivity index (χ3v) is 2.25. The molecule has 1 aromatic carbocycles. The Balaban J connectivity index is 2.31. The van der Waals surface area contributed by atoms with Crippen LogP contribution in [0.2, 0.25) is 0 Å². The lowest BCUT2D eigenvalue weighted by molar-refractivity contribution is 0.173. The van der Waals surface area contributed by atoms with Gasteiger partial charge < -0.3 is 20.3 Å². The van der Waals surface area contributed by atoms with Gasteiger partial charge in [-0.25, -0.2) is 0 Å². The van der Waals surface area contributed by atoms with E-state index in [2.05, 4.69) is 0 Å². The summed E-state index contributed by atoms with van der Waals surface area (Å²) in [6.45, 7) is 0.832. The number of aromatic hydroxyl groups is 1. The van der Waals surface area contributed by atoms with Gasteiger partial charge in [-0.2, -0.15) is 0 Å². The van der Waals surface area contributed by atoms with Crippen LogP contribution in [0.5, 0.6) is 17.2 Å². The summed E-state index contributed by atoms with van der Waals surface area (Å²) in [5.74, 6) is 1.62. The van der Waals surface area contributed by atoms with E-state index in [0.717, 1.165) is 18.4 Å². The van der Waals surface area contributed by atoms with Crippen molar-refractivity contribution in [2.24, 2.45) is 5.73 Å². The number of hydrogen-bond donors (Lipinski definition) is 2. The van der Waals surface area contributed by atoms with Crippen molar-refractivity contribution < 1.29 is 14.6 Å². The van der Waals surface area contributed by atoms with Crippen LogP contribution in [-0.4, -0.2) is 18.4 Å². The summed E-state index contributed by atoms with van der Waals surface area (Å²) in [6, 6.07) is 3.34. The Morgan fingerprint density at radius 3 is 3.00 bits per heavy atom. The van der Waals surface area contributed by atoms with Gasteiger partial charge in [-0.3, -0.25) is 0 Å². The normalized spacial score (nSPS) is 13.2. The van der Waals surface area contributed by atoms with E-state index >= 15 is 0 Å². The van der Waals surface area contributed by atoms with E-state index in [0.29, 0.717) is 18.0 Å². The Morgan fingerprint density at radius 2 is 2.21 bits per heavy atom. The number of phenols is 1. The second-order valence-corrected chi connectivity index (χ2v) is 3.19. The molecule has 0 unspecified atom stereocenters. The van der Waals surface area contributed by atoms with Crippen LogP contribution in [0.15, 0.2) is 12.1 Å². The zero-order valence-corrected chi connectivity index (χ0v) is 7.82. The van der Waals surface area contributed by atoms with Crippen LogP contribution in [0, 0.1) is 0 Å². The first-order valence-electron chi connectivity index (χ1n) is 4.63. The molecule has 1 aliphatic rings. The number of rotatable bonds is 3. The molecule has 0 bridgehead atoms. The van der Waals surface area contributed by atoms with Crippen molar-refractivity contribution in [1.29, 1.82) is 0 Å². The maximum Gasteiger partial charge on any atom is 0.231 e. The van der Waals surface area contributed by atoms with Gasteiger partial charge in [0.05, 0.1) is 0 Å². The first-order valence-corrected chi connectivity index (χ1v) is 4.63. The summed E-state index contributed by atoms with van der Waals surface area (Å²) in [5.41, 5.74) is 6.21. The van der Waals surface area contributed by atoms with E-state index in [-0.39, 0.29) is 12.5 Å². The third kappa shape index (κ3) is 1.48. The topological polar surface area (TPSA) is 64.7 Å². The maximum absolute atomic E-state index is 9.62. The van der Waals surface area contributed by atoms with Crippen molar-refractivity contribution in [2.75, 3.05) is 13.3 Å². The Morgan fingerprint density at radius 1 is 1.36 bits per heavy atom. The van der Waals surface area contributed by atoms with Crippen LogP contribution in [0.1, 0.15) is 12.0 Å². The zero-order chi connectivity index (χ0) is 9.97. The minimum Gasteiger partial charge on any atom is -0.508 e. The molecular formula is C10H13NO3. The van der Waals surface area contributed by atoms with Crippen LogP contribution in [0.3, 0.4) is 0 Å². The minimum atomic E-state index is 0.231. The molecule has 0 aliphatic carbocycles.